The zero-order valence-corrected chi connectivity index (χ0v) is 10.6. The molecule has 0 aromatic heterocycles. The van der Waals surface area contributed by atoms with Gasteiger partial charge in [0.2, 0.25) is 0 Å². The van der Waals surface area contributed by atoms with Gasteiger partial charge in [-0.05, 0) is 38.8 Å². The predicted molar refractivity (Wildman–Crippen MR) is 72.0 cm³/mol. The zero-order chi connectivity index (χ0) is 13.0. The Morgan fingerprint density at radius 2 is 2.39 bits per heavy atom. The standard InChI is InChI=1S/C13H19N3O2/c1-10-4-2-6-12(13(10)16(17)18)15-9-7-11-5-3-8-14-11/h2,4,6,11,14-15H,3,5,7-9H2,1H3/t11-/m1/s1. The number of nitrogens with one attached hydrogen (secondary N) is 2. The Balaban J connectivity index is 1.96. The molecule has 0 bridgehead atoms. The molecule has 1 aromatic rings. The molecule has 1 aromatic carbocycles. The molecule has 1 fully saturated rings. The number of nitrogens with zero attached hydrogens (tertiary/aromatic N) is 1. The van der Waals surface area contributed by atoms with E-state index in [9.17, 15) is 10.1 Å². The molecule has 0 aliphatic carbocycles. The largest absolute Gasteiger partial charge is 0.379 e. The molecule has 5 nitrogen and oxygen atoms in total. The van der Waals surface area contributed by atoms with Crippen molar-refractivity contribution < 1.29 is 4.92 Å². The van der Waals surface area contributed by atoms with Crippen LogP contribution in [0.25, 0.3) is 0 Å². The molecule has 18 heavy (non-hydrogen) atoms. The van der Waals surface area contributed by atoms with Crippen molar-refractivity contribution in [1.29, 1.82) is 0 Å². The van der Waals surface area contributed by atoms with E-state index in [0.717, 1.165) is 19.5 Å². The minimum Gasteiger partial charge on any atom is -0.379 e. The van der Waals surface area contributed by atoms with Crippen molar-refractivity contribution in [2.75, 3.05) is 18.4 Å². The highest BCUT2D eigenvalue weighted by molar-refractivity contribution is 5.64. The van der Waals surface area contributed by atoms with Crippen molar-refractivity contribution in [2.24, 2.45) is 0 Å². The van der Waals surface area contributed by atoms with Gasteiger partial charge in [0.05, 0.1) is 4.92 Å². The van der Waals surface area contributed by atoms with E-state index in [0.29, 0.717) is 17.3 Å². The van der Waals surface area contributed by atoms with E-state index in [4.69, 9.17) is 0 Å². The number of anilines is 1. The smallest absolute Gasteiger partial charge is 0.295 e. The van der Waals surface area contributed by atoms with Crippen LogP contribution in [0.15, 0.2) is 18.2 Å². The van der Waals surface area contributed by atoms with E-state index in [1.54, 1.807) is 19.1 Å². The number of nitro benzene ring substituents is 1. The van der Waals surface area contributed by atoms with Crippen LogP contribution < -0.4 is 10.6 Å². The minimum atomic E-state index is -0.314. The maximum Gasteiger partial charge on any atom is 0.295 e. The predicted octanol–water partition coefficient (Wildman–Crippen LogP) is 2.46. The summed E-state index contributed by atoms with van der Waals surface area (Å²) in [5.74, 6) is 0. The Morgan fingerprint density at radius 3 is 3.06 bits per heavy atom. The number of aryl methyl sites for hydroxylation is 1. The molecular formula is C13H19N3O2. The molecule has 2 rings (SSSR count). The van der Waals surface area contributed by atoms with Crippen LogP contribution in [0.1, 0.15) is 24.8 Å². The fourth-order valence-electron chi connectivity index (χ4n) is 2.43. The van der Waals surface area contributed by atoms with Crippen LogP contribution in [0.5, 0.6) is 0 Å². The first-order valence-corrected chi connectivity index (χ1v) is 6.40. The van der Waals surface area contributed by atoms with Crippen molar-refractivity contribution >= 4 is 11.4 Å². The number of hydrogen-bond acceptors (Lipinski definition) is 4. The summed E-state index contributed by atoms with van der Waals surface area (Å²) in [7, 11) is 0. The van der Waals surface area contributed by atoms with Crippen LogP contribution in [0.4, 0.5) is 11.4 Å². The maximum absolute atomic E-state index is 11.0. The zero-order valence-electron chi connectivity index (χ0n) is 10.6. The molecule has 2 N–H and O–H groups in total. The summed E-state index contributed by atoms with van der Waals surface area (Å²) < 4.78 is 0. The van der Waals surface area contributed by atoms with Gasteiger partial charge in [-0.3, -0.25) is 10.1 Å². The van der Waals surface area contributed by atoms with Gasteiger partial charge in [0.25, 0.3) is 5.69 Å². The highest BCUT2D eigenvalue weighted by atomic mass is 16.6. The molecule has 0 radical (unpaired) electrons. The molecule has 98 valence electrons. The second-order valence-electron chi connectivity index (χ2n) is 4.74. The number of nitro groups is 1. The third-order valence-electron chi connectivity index (χ3n) is 3.39. The van der Waals surface area contributed by atoms with Crippen LogP contribution in [0, 0.1) is 17.0 Å². The molecule has 0 unspecified atom stereocenters. The molecule has 0 amide bonds. The lowest BCUT2D eigenvalue weighted by molar-refractivity contribution is -0.384. The van der Waals surface area contributed by atoms with Crippen molar-refractivity contribution in [3.63, 3.8) is 0 Å². The van der Waals surface area contributed by atoms with Gasteiger partial charge in [-0.15, -0.1) is 0 Å². The molecular weight excluding hydrogens is 230 g/mol. The molecule has 0 spiro atoms. The third-order valence-corrected chi connectivity index (χ3v) is 3.39. The van der Waals surface area contributed by atoms with E-state index >= 15 is 0 Å². The van der Waals surface area contributed by atoms with Crippen LogP contribution in [-0.2, 0) is 0 Å². The number of benzene rings is 1. The molecule has 5 heteroatoms. The summed E-state index contributed by atoms with van der Waals surface area (Å²) in [5.41, 5.74) is 1.51. The lowest BCUT2D eigenvalue weighted by atomic mass is 10.1. The quantitative estimate of drug-likeness (QED) is 0.621. The van der Waals surface area contributed by atoms with Gasteiger partial charge in [0, 0.05) is 18.2 Å². The fourth-order valence-corrected chi connectivity index (χ4v) is 2.43. The van der Waals surface area contributed by atoms with Crippen molar-refractivity contribution in [3.05, 3.63) is 33.9 Å². The number of para-hydroxylation sites is 1. The van der Waals surface area contributed by atoms with Gasteiger partial charge in [0.1, 0.15) is 5.69 Å². The lowest BCUT2D eigenvalue weighted by Crippen LogP contribution is -2.24. The Morgan fingerprint density at radius 1 is 1.56 bits per heavy atom. The van der Waals surface area contributed by atoms with E-state index in [-0.39, 0.29) is 10.6 Å². The first-order chi connectivity index (χ1) is 8.68. The molecule has 1 saturated heterocycles. The maximum atomic E-state index is 11.0. The summed E-state index contributed by atoms with van der Waals surface area (Å²) in [6.45, 7) is 3.62. The lowest BCUT2D eigenvalue weighted by Gasteiger charge is -2.12. The summed E-state index contributed by atoms with van der Waals surface area (Å²) in [6.07, 6.45) is 3.44. The summed E-state index contributed by atoms with van der Waals surface area (Å²) >= 11 is 0. The van der Waals surface area contributed by atoms with Crippen molar-refractivity contribution in [2.45, 2.75) is 32.2 Å². The van der Waals surface area contributed by atoms with Gasteiger partial charge in [-0.1, -0.05) is 12.1 Å². The fraction of sp³-hybridized carbons (Fsp3) is 0.538. The third kappa shape index (κ3) is 2.98. The Labute approximate surface area is 107 Å². The summed E-state index contributed by atoms with van der Waals surface area (Å²) in [4.78, 5) is 10.7. The molecule has 1 atom stereocenters. The van der Waals surface area contributed by atoms with Crippen molar-refractivity contribution in [3.8, 4) is 0 Å². The average Bonchev–Trinajstić information content (AvgIpc) is 2.81. The van der Waals surface area contributed by atoms with Crippen LogP contribution in [-0.4, -0.2) is 24.1 Å². The average molecular weight is 249 g/mol. The van der Waals surface area contributed by atoms with Crippen molar-refractivity contribution in [1.82, 2.24) is 5.32 Å². The van der Waals surface area contributed by atoms with E-state index in [1.165, 1.54) is 12.8 Å². The first-order valence-electron chi connectivity index (χ1n) is 6.40. The number of rotatable bonds is 5. The van der Waals surface area contributed by atoms with E-state index in [2.05, 4.69) is 10.6 Å². The first kappa shape index (κ1) is 12.8. The summed E-state index contributed by atoms with van der Waals surface area (Å²) in [6, 6.07) is 5.94. The normalized spacial score (nSPS) is 18.8. The van der Waals surface area contributed by atoms with Gasteiger partial charge >= 0.3 is 0 Å². The second kappa shape index (κ2) is 5.82. The minimum absolute atomic E-state index is 0.192. The molecule has 1 aliphatic rings. The van der Waals surface area contributed by atoms with Crippen LogP contribution >= 0.6 is 0 Å². The highest BCUT2D eigenvalue weighted by Crippen LogP contribution is 2.27. The van der Waals surface area contributed by atoms with Gasteiger partial charge in [-0.25, -0.2) is 0 Å². The Bertz CT molecular complexity index is 428. The highest BCUT2D eigenvalue weighted by Gasteiger charge is 2.17. The van der Waals surface area contributed by atoms with Gasteiger partial charge in [-0.2, -0.15) is 0 Å². The molecule has 1 heterocycles. The summed E-state index contributed by atoms with van der Waals surface area (Å²) in [5, 5.41) is 17.6. The van der Waals surface area contributed by atoms with Crippen LogP contribution in [0.3, 0.4) is 0 Å². The molecule has 0 saturated carbocycles. The van der Waals surface area contributed by atoms with Crippen LogP contribution in [0.2, 0.25) is 0 Å². The SMILES string of the molecule is Cc1cccc(NCC[C@H]2CCCN2)c1[N+](=O)[O-]. The molecule has 1 aliphatic heterocycles. The topological polar surface area (TPSA) is 67.2 Å². The van der Waals surface area contributed by atoms with Gasteiger partial charge < -0.3 is 10.6 Å². The second-order valence-corrected chi connectivity index (χ2v) is 4.74. The van der Waals surface area contributed by atoms with Gasteiger partial charge in [0.15, 0.2) is 0 Å². The van der Waals surface area contributed by atoms with E-state index < -0.39 is 0 Å². The Kier molecular flexibility index (Phi) is 4.15. The number of hydrogen-bond donors (Lipinski definition) is 2. The Hall–Kier alpha value is -1.62. The van der Waals surface area contributed by atoms with E-state index in [1.807, 2.05) is 6.07 Å². The monoisotopic (exact) mass is 249 g/mol.